The molecule has 29 heavy (non-hydrogen) atoms. The molecule has 0 spiro atoms. The zero-order valence-electron chi connectivity index (χ0n) is 17.8. The standard InChI is InChI=1S/C25H37N3O/c29-24(11-2-1-4-12-26-13-6-7-14-26)28-16-8-9-20-17-21-18-22(25(20)28)19-27-15-5-3-10-23(21)27/h6-7,13-14,17,21-23,25H,1-5,8-12,15-16,18-19H2/t21?,22?,23-,25-/m1/s1. The number of fused-ring (bicyclic) bond motifs is 6. The second-order valence-electron chi connectivity index (χ2n) is 9.83. The molecule has 4 nitrogen and oxygen atoms in total. The predicted molar refractivity (Wildman–Crippen MR) is 117 cm³/mol. The summed E-state index contributed by atoms with van der Waals surface area (Å²) in [7, 11) is 0. The molecule has 4 heteroatoms. The molecule has 0 radical (unpaired) electrons. The van der Waals surface area contributed by atoms with Crippen LogP contribution in [-0.2, 0) is 11.3 Å². The Kier molecular flexibility index (Phi) is 5.81. The van der Waals surface area contributed by atoms with Gasteiger partial charge in [0.05, 0.1) is 6.04 Å². The van der Waals surface area contributed by atoms with Gasteiger partial charge in [0.25, 0.3) is 0 Å². The van der Waals surface area contributed by atoms with E-state index >= 15 is 0 Å². The van der Waals surface area contributed by atoms with E-state index in [1.165, 1.54) is 45.2 Å². The quantitative estimate of drug-likeness (QED) is 0.525. The lowest BCUT2D eigenvalue weighted by atomic mass is 9.68. The van der Waals surface area contributed by atoms with Crippen molar-refractivity contribution in [3.05, 3.63) is 36.2 Å². The van der Waals surface area contributed by atoms with Gasteiger partial charge in [-0.15, -0.1) is 0 Å². The van der Waals surface area contributed by atoms with E-state index in [-0.39, 0.29) is 0 Å². The Morgan fingerprint density at radius 3 is 2.83 bits per heavy atom. The Hall–Kier alpha value is -1.55. The number of amides is 1. The molecular weight excluding hydrogens is 358 g/mol. The van der Waals surface area contributed by atoms with Crippen LogP contribution in [0.5, 0.6) is 0 Å². The Morgan fingerprint density at radius 2 is 1.93 bits per heavy atom. The number of carbonyl (C=O) groups is 1. The van der Waals surface area contributed by atoms with Crippen molar-refractivity contribution in [2.24, 2.45) is 11.8 Å². The number of hydrogen-bond acceptors (Lipinski definition) is 2. The number of likely N-dealkylation sites (tertiary alicyclic amines) is 1. The summed E-state index contributed by atoms with van der Waals surface area (Å²) in [4.78, 5) is 18.2. The molecule has 3 fully saturated rings. The molecule has 2 unspecified atom stereocenters. The van der Waals surface area contributed by atoms with Gasteiger partial charge in [0.1, 0.15) is 0 Å². The van der Waals surface area contributed by atoms with Crippen molar-refractivity contribution in [1.29, 1.82) is 0 Å². The molecule has 3 aliphatic heterocycles. The third kappa shape index (κ3) is 4.05. The summed E-state index contributed by atoms with van der Waals surface area (Å²) < 4.78 is 2.24. The number of unbranched alkanes of at least 4 members (excludes halogenated alkanes) is 2. The summed E-state index contributed by atoms with van der Waals surface area (Å²) >= 11 is 0. The predicted octanol–water partition coefficient (Wildman–Crippen LogP) is 4.47. The lowest BCUT2D eigenvalue weighted by molar-refractivity contribution is -0.136. The first-order valence-electron chi connectivity index (χ1n) is 12.1. The molecule has 1 amide bonds. The van der Waals surface area contributed by atoms with Crippen molar-refractivity contribution in [2.45, 2.75) is 82.8 Å². The maximum atomic E-state index is 13.2. The van der Waals surface area contributed by atoms with Gasteiger partial charge in [-0.3, -0.25) is 9.69 Å². The van der Waals surface area contributed by atoms with Crippen LogP contribution in [0.3, 0.4) is 0 Å². The fourth-order valence-electron chi connectivity index (χ4n) is 6.66. The van der Waals surface area contributed by atoms with Crippen molar-refractivity contribution in [2.75, 3.05) is 19.6 Å². The van der Waals surface area contributed by atoms with Crippen molar-refractivity contribution < 1.29 is 4.79 Å². The van der Waals surface area contributed by atoms with E-state index in [1.807, 2.05) is 0 Å². The van der Waals surface area contributed by atoms with Gasteiger partial charge in [0.2, 0.25) is 5.91 Å². The van der Waals surface area contributed by atoms with Gasteiger partial charge >= 0.3 is 0 Å². The molecule has 0 N–H and O–H groups in total. The molecule has 4 aliphatic rings. The summed E-state index contributed by atoms with van der Waals surface area (Å²) in [5, 5.41) is 0. The highest BCUT2D eigenvalue weighted by atomic mass is 16.2. The molecule has 158 valence electrons. The maximum Gasteiger partial charge on any atom is 0.223 e. The highest BCUT2D eigenvalue weighted by Gasteiger charge is 2.46. The summed E-state index contributed by atoms with van der Waals surface area (Å²) in [5.74, 6) is 1.84. The molecule has 1 aliphatic carbocycles. The van der Waals surface area contributed by atoms with Gasteiger partial charge in [-0.1, -0.05) is 24.5 Å². The second-order valence-corrected chi connectivity index (χ2v) is 9.83. The van der Waals surface area contributed by atoms with Crippen molar-refractivity contribution in [3.63, 3.8) is 0 Å². The molecule has 0 aromatic carbocycles. The maximum absolute atomic E-state index is 13.2. The minimum Gasteiger partial charge on any atom is -0.354 e. The SMILES string of the molecule is O=C(CCCCCn1cccc1)N1CCCC2=CC3CC(CN4CCCC[C@H]34)[C@@H]21. The number of rotatable bonds is 6. The van der Waals surface area contributed by atoms with Crippen LogP contribution in [0.4, 0.5) is 0 Å². The first-order chi connectivity index (χ1) is 14.3. The highest BCUT2D eigenvalue weighted by Crippen LogP contribution is 2.45. The molecule has 1 aromatic rings. The fraction of sp³-hybridized carbons (Fsp3) is 0.720. The topological polar surface area (TPSA) is 28.5 Å². The number of nitrogens with zero attached hydrogens (tertiary/aromatic N) is 3. The smallest absolute Gasteiger partial charge is 0.223 e. The van der Waals surface area contributed by atoms with E-state index in [0.717, 1.165) is 57.2 Å². The monoisotopic (exact) mass is 395 g/mol. The van der Waals surface area contributed by atoms with Crippen LogP contribution in [0.2, 0.25) is 0 Å². The van der Waals surface area contributed by atoms with Crippen LogP contribution in [0.25, 0.3) is 0 Å². The zero-order valence-corrected chi connectivity index (χ0v) is 17.8. The number of hydrogen-bond donors (Lipinski definition) is 0. The average molecular weight is 396 g/mol. The summed E-state index contributed by atoms with van der Waals surface area (Å²) in [6, 6.07) is 5.36. The van der Waals surface area contributed by atoms with Crippen LogP contribution in [0.15, 0.2) is 36.2 Å². The third-order valence-corrected chi connectivity index (χ3v) is 7.95. The summed E-state index contributed by atoms with van der Waals surface area (Å²) in [6.07, 6.45) is 18.8. The van der Waals surface area contributed by atoms with Crippen LogP contribution >= 0.6 is 0 Å². The molecule has 4 heterocycles. The molecule has 4 atom stereocenters. The Balaban J connectivity index is 1.18. The van der Waals surface area contributed by atoms with Gasteiger partial charge in [-0.2, -0.15) is 0 Å². The Bertz CT molecular complexity index is 724. The largest absolute Gasteiger partial charge is 0.354 e. The zero-order chi connectivity index (χ0) is 19.6. The lowest BCUT2D eigenvalue weighted by Crippen LogP contribution is -2.60. The lowest BCUT2D eigenvalue weighted by Gasteiger charge is -2.54. The number of aromatic nitrogens is 1. The van der Waals surface area contributed by atoms with Crippen LogP contribution in [0.1, 0.15) is 64.2 Å². The van der Waals surface area contributed by atoms with Crippen LogP contribution in [-0.4, -0.2) is 52.0 Å². The van der Waals surface area contributed by atoms with Crippen LogP contribution in [0, 0.1) is 11.8 Å². The molecule has 1 aromatic heterocycles. The van der Waals surface area contributed by atoms with Crippen molar-refractivity contribution >= 4 is 5.91 Å². The van der Waals surface area contributed by atoms with E-state index < -0.39 is 0 Å². The minimum absolute atomic E-state index is 0.412. The molecule has 2 bridgehead atoms. The minimum atomic E-state index is 0.412. The average Bonchev–Trinajstić information content (AvgIpc) is 3.26. The normalized spacial score (nSPS) is 31.7. The van der Waals surface area contributed by atoms with Gasteiger partial charge in [-0.05, 0) is 75.5 Å². The van der Waals surface area contributed by atoms with E-state index in [4.69, 9.17) is 0 Å². The van der Waals surface area contributed by atoms with E-state index in [2.05, 4.69) is 45.0 Å². The number of piperidine rings is 3. The van der Waals surface area contributed by atoms with Gasteiger partial charge < -0.3 is 9.47 Å². The Morgan fingerprint density at radius 1 is 1.03 bits per heavy atom. The first-order valence-corrected chi connectivity index (χ1v) is 12.1. The first kappa shape index (κ1) is 19.4. The Labute approximate surface area is 175 Å². The molecule has 5 rings (SSSR count). The van der Waals surface area contributed by atoms with E-state index in [0.29, 0.717) is 17.9 Å². The molecule has 0 saturated carbocycles. The molecular formula is C25H37N3O. The molecule has 3 saturated heterocycles. The number of carbonyl (C=O) groups excluding carboxylic acids is 1. The van der Waals surface area contributed by atoms with Gasteiger partial charge in [0, 0.05) is 44.5 Å². The summed E-state index contributed by atoms with van der Waals surface area (Å²) in [5.41, 5.74) is 1.61. The second kappa shape index (κ2) is 8.67. The highest BCUT2D eigenvalue weighted by molar-refractivity contribution is 5.77. The summed E-state index contributed by atoms with van der Waals surface area (Å²) in [6.45, 7) is 4.56. The van der Waals surface area contributed by atoms with Crippen LogP contribution < -0.4 is 0 Å². The van der Waals surface area contributed by atoms with Crippen molar-refractivity contribution in [1.82, 2.24) is 14.4 Å². The van der Waals surface area contributed by atoms with Gasteiger partial charge in [-0.25, -0.2) is 0 Å². The fourth-order valence-corrected chi connectivity index (χ4v) is 6.66. The van der Waals surface area contributed by atoms with E-state index in [1.54, 1.807) is 5.57 Å². The van der Waals surface area contributed by atoms with E-state index in [9.17, 15) is 4.79 Å². The third-order valence-electron chi connectivity index (χ3n) is 7.95. The van der Waals surface area contributed by atoms with Crippen molar-refractivity contribution in [3.8, 4) is 0 Å². The number of aryl methyl sites for hydroxylation is 1. The van der Waals surface area contributed by atoms with Gasteiger partial charge in [0.15, 0.2) is 0 Å².